The minimum atomic E-state index is 0.0810. The molecule has 3 fully saturated rings. The Hall–Kier alpha value is -1.63. The van der Waals surface area contributed by atoms with Crippen molar-refractivity contribution in [1.82, 2.24) is 14.3 Å². The van der Waals surface area contributed by atoms with Crippen LogP contribution in [0.2, 0.25) is 0 Å². The number of ether oxygens (including phenoxy) is 2. The van der Waals surface area contributed by atoms with Gasteiger partial charge in [0.25, 0.3) is 0 Å². The molecule has 0 spiro atoms. The van der Waals surface area contributed by atoms with E-state index < -0.39 is 0 Å². The molecule has 25 heavy (non-hydrogen) atoms. The Morgan fingerprint density at radius 3 is 2.80 bits per heavy atom. The predicted octanol–water partition coefficient (Wildman–Crippen LogP) is 1.95. The fourth-order valence-corrected chi connectivity index (χ4v) is 4.02. The third kappa shape index (κ3) is 3.14. The topological polar surface area (TPSA) is 42.2 Å². The first-order valence-electron chi connectivity index (χ1n) is 9.51. The van der Waals surface area contributed by atoms with Gasteiger partial charge in [-0.3, -0.25) is 9.30 Å². The van der Waals surface area contributed by atoms with Crippen LogP contribution in [-0.2, 0) is 9.47 Å². The van der Waals surface area contributed by atoms with Gasteiger partial charge in [0.1, 0.15) is 18.2 Å². The van der Waals surface area contributed by atoms with E-state index in [1.165, 1.54) is 30.7 Å². The van der Waals surface area contributed by atoms with Crippen LogP contribution in [0.25, 0.3) is 5.52 Å². The summed E-state index contributed by atoms with van der Waals surface area (Å²) in [7, 11) is 0. The summed E-state index contributed by atoms with van der Waals surface area (Å²) in [5.74, 6) is 2.12. The first-order chi connectivity index (χ1) is 12.4. The second-order valence-corrected chi connectivity index (χ2v) is 7.43. The third-order valence-corrected chi connectivity index (χ3v) is 5.58. The van der Waals surface area contributed by atoms with Gasteiger partial charge in [0, 0.05) is 32.7 Å². The van der Waals surface area contributed by atoms with Crippen molar-refractivity contribution < 1.29 is 9.47 Å². The van der Waals surface area contributed by atoms with E-state index in [9.17, 15) is 0 Å². The Morgan fingerprint density at radius 2 is 1.96 bits per heavy atom. The molecule has 6 nitrogen and oxygen atoms in total. The molecular weight excluding hydrogens is 316 g/mol. The van der Waals surface area contributed by atoms with Crippen molar-refractivity contribution in [2.24, 2.45) is 5.92 Å². The number of rotatable bonds is 4. The van der Waals surface area contributed by atoms with Crippen molar-refractivity contribution >= 4 is 11.3 Å². The zero-order valence-electron chi connectivity index (χ0n) is 14.6. The molecule has 0 bridgehead atoms. The van der Waals surface area contributed by atoms with Gasteiger partial charge in [-0.2, -0.15) is 0 Å². The maximum Gasteiger partial charge on any atom is 0.114 e. The summed E-state index contributed by atoms with van der Waals surface area (Å²) in [4.78, 5) is 9.69. The lowest BCUT2D eigenvalue weighted by Gasteiger charge is -2.32. The molecule has 1 saturated carbocycles. The molecule has 2 aromatic heterocycles. The Bertz CT molecular complexity index is 736. The van der Waals surface area contributed by atoms with Gasteiger partial charge in [-0.15, -0.1) is 0 Å². The van der Waals surface area contributed by atoms with E-state index in [-0.39, 0.29) is 6.10 Å². The van der Waals surface area contributed by atoms with Crippen LogP contribution in [0.15, 0.2) is 24.5 Å². The SMILES string of the molecule is c1cc(N2CCOCC2)n2cnc([C@H]3CN(CC4CC4)CCO3)c2c1. The van der Waals surface area contributed by atoms with Gasteiger partial charge in [0.15, 0.2) is 0 Å². The molecule has 2 aliphatic heterocycles. The molecule has 134 valence electrons. The highest BCUT2D eigenvalue weighted by Crippen LogP contribution is 2.32. The van der Waals surface area contributed by atoms with Gasteiger partial charge in [-0.25, -0.2) is 4.98 Å². The largest absolute Gasteiger partial charge is 0.378 e. The molecule has 4 heterocycles. The molecule has 0 amide bonds. The highest BCUT2D eigenvalue weighted by atomic mass is 16.5. The number of hydrogen-bond donors (Lipinski definition) is 0. The molecule has 0 N–H and O–H groups in total. The number of anilines is 1. The molecule has 5 rings (SSSR count). The van der Waals surface area contributed by atoms with Crippen molar-refractivity contribution in [3.05, 3.63) is 30.2 Å². The summed E-state index contributed by atoms with van der Waals surface area (Å²) >= 11 is 0. The van der Waals surface area contributed by atoms with Crippen LogP contribution < -0.4 is 4.90 Å². The standard InChI is InChI=1S/C19H26N4O2/c1-2-16-19(17-13-21(6-11-25-17)12-15-4-5-15)20-14-23(16)18(3-1)22-7-9-24-10-8-22/h1-3,14-15,17H,4-13H2/t17-/m1/s1. The summed E-state index contributed by atoms with van der Waals surface area (Å²) in [5, 5.41) is 0. The molecule has 2 aromatic rings. The van der Waals surface area contributed by atoms with E-state index in [0.29, 0.717) is 0 Å². The summed E-state index contributed by atoms with van der Waals surface area (Å²) < 4.78 is 13.8. The molecule has 0 unspecified atom stereocenters. The van der Waals surface area contributed by atoms with Crippen molar-refractivity contribution in [2.45, 2.75) is 18.9 Å². The normalized spacial score (nSPS) is 25.6. The number of pyridine rings is 1. The van der Waals surface area contributed by atoms with Crippen LogP contribution in [0.1, 0.15) is 24.6 Å². The quantitative estimate of drug-likeness (QED) is 0.850. The van der Waals surface area contributed by atoms with Gasteiger partial charge in [0.2, 0.25) is 0 Å². The molecule has 1 aliphatic carbocycles. The molecule has 0 radical (unpaired) electrons. The lowest BCUT2D eigenvalue weighted by atomic mass is 10.1. The van der Waals surface area contributed by atoms with Gasteiger partial charge in [0.05, 0.1) is 31.0 Å². The number of aromatic nitrogens is 2. The van der Waals surface area contributed by atoms with E-state index in [1.54, 1.807) is 0 Å². The maximum atomic E-state index is 6.10. The minimum Gasteiger partial charge on any atom is -0.378 e. The zero-order chi connectivity index (χ0) is 16.6. The fourth-order valence-electron chi connectivity index (χ4n) is 4.02. The van der Waals surface area contributed by atoms with Crippen LogP contribution in [0.4, 0.5) is 5.82 Å². The third-order valence-electron chi connectivity index (χ3n) is 5.58. The lowest BCUT2D eigenvalue weighted by molar-refractivity contribution is -0.0325. The molecule has 0 aromatic carbocycles. The molecule has 1 atom stereocenters. The fraction of sp³-hybridized carbons (Fsp3) is 0.632. The van der Waals surface area contributed by atoms with Crippen LogP contribution >= 0.6 is 0 Å². The van der Waals surface area contributed by atoms with Gasteiger partial charge < -0.3 is 14.4 Å². The van der Waals surface area contributed by atoms with E-state index in [4.69, 9.17) is 14.5 Å². The Balaban J connectivity index is 1.41. The van der Waals surface area contributed by atoms with Crippen LogP contribution in [-0.4, -0.2) is 66.8 Å². The monoisotopic (exact) mass is 342 g/mol. The number of hydrogen-bond acceptors (Lipinski definition) is 5. The summed E-state index contributed by atoms with van der Waals surface area (Å²) in [6.45, 7) is 7.50. The molecule has 2 saturated heterocycles. The number of morpholine rings is 2. The Kier molecular flexibility index (Phi) is 4.12. The van der Waals surface area contributed by atoms with Crippen molar-refractivity contribution in [3.63, 3.8) is 0 Å². The second kappa shape index (κ2) is 6.59. The lowest BCUT2D eigenvalue weighted by Crippen LogP contribution is -2.39. The van der Waals surface area contributed by atoms with E-state index in [0.717, 1.165) is 57.6 Å². The van der Waals surface area contributed by atoms with Crippen LogP contribution in [0.5, 0.6) is 0 Å². The maximum absolute atomic E-state index is 6.10. The average molecular weight is 342 g/mol. The Morgan fingerprint density at radius 1 is 1.08 bits per heavy atom. The highest BCUT2D eigenvalue weighted by molar-refractivity contribution is 5.60. The van der Waals surface area contributed by atoms with Crippen LogP contribution in [0, 0.1) is 5.92 Å². The zero-order valence-corrected chi connectivity index (χ0v) is 14.6. The first-order valence-corrected chi connectivity index (χ1v) is 9.51. The molecular formula is C19H26N4O2. The van der Waals surface area contributed by atoms with Crippen LogP contribution in [0.3, 0.4) is 0 Å². The summed E-state index contributed by atoms with van der Waals surface area (Å²) in [6, 6.07) is 6.47. The summed E-state index contributed by atoms with van der Waals surface area (Å²) in [6.07, 6.45) is 4.84. The smallest absolute Gasteiger partial charge is 0.114 e. The second-order valence-electron chi connectivity index (χ2n) is 7.43. The molecule has 3 aliphatic rings. The van der Waals surface area contributed by atoms with Gasteiger partial charge in [-0.1, -0.05) is 6.07 Å². The van der Waals surface area contributed by atoms with E-state index in [1.807, 2.05) is 6.33 Å². The van der Waals surface area contributed by atoms with Crippen molar-refractivity contribution in [3.8, 4) is 0 Å². The predicted molar refractivity (Wildman–Crippen MR) is 96.1 cm³/mol. The van der Waals surface area contributed by atoms with Crippen molar-refractivity contribution in [1.29, 1.82) is 0 Å². The van der Waals surface area contributed by atoms with Crippen molar-refractivity contribution in [2.75, 3.05) is 57.4 Å². The summed E-state index contributed by atoms with van der Waals surface area (Å²) in [5.41, 5.74) is 2.25. The molecule has 6 heteroatoms. The number of nitrogens with zero attached hydrogens (tertiary/aromatic N) is 4. The number of fused-ring (bicyclic) bond motifs is 1. The average Bonchev–Trinajstić information content (AvgIpc) is 3.37. The van der Waals surface area contributed by atoms with E-state index in [2.05, 4.69) is 32.4 Å². The first kappa shape index (κ1) is 15.6. The highest BCUT2D eigenvalue weighted by Gasteiger charge is 2.30. The van der Waals surface area contributed by atoms with Gasteiger partial charge in [-0.05, 0) is 30.9 Å². The minimum absolute atomic E-state index is 0.0810. The van der Waals surface area contributed by atoms with Gasteiger partial charge >= 0.3 is 0 Å². The Labute approximate surface area is 148 Å². The van der Waals surface area contributed by atoms with E-state index >= 15 is 0 Å². The number of imidazole rings is 1.